The highest BCUT2D eigenvalue weighted by molar-refractivity contribution is 6.05. The zero-order valence-corrected chi connectivity index (χ0v) is 10.7. The molecule has 1 saturated heterocycles. The van der Waals surface area contributed by atoms with Gasteiger partial charge in [0.25, 0.3) is 5.91 Å². The van der Waals surface area contributed by atoms with Crippen LogP contribution in [0.25, 0.3) is 10.9 Å². The summed E-state index contributed by atoms with van der Waals surface area (Å²) in [6.07, 6.45) is 0. The lowest BCUT2D eigenvalue weighted by atomic mass is 10.00. The van der Waals surface area contributed by atoms with Crippen LogP contribution in [0.3, 0.4) is 0 Å². The number of aromatic nitrogens is 1. The van der Waals surface area contributed by atoms with Crippen LogP contribution in [0.1, 0.15) is 23.0 Å². The molecule has 0 radical (unpaired) electrons. The normalized spacial score (nSPS) is 15.8. The number of hydrogen-bond acceptors (Lipinski definition) is 2. The first-order chi connectivity index (χ1) is 8.65. The number of benzene rings is 1. The molecule has 0 spiro atoms. The van der Waals surface area contributed by atoms with E-state index in [-0.39, 0.29) is 5.91 Å². The third-order valence-electron chi connectivity index (χ3n) is 3.44. The summed E-state index contributed by atoms with van der Waals surface area (Å²) in [6.45, 7) is 5.84. The van der Waals surface area contributed by atoms with E-state index in [2.05, 4.69) is 11.9 Å². The number of amides is 1. The summed E-state index contributed by atoms with van der Waals surface area (Å²) in [7, 11) is 0. The predicted molar refractivity (Wildman–Crippen MR) is 71.5 cm³/mol. The van der Waals surface area contributed by atoms with Crippen LogP contribution in [0.15, 0.2) is 30.3 Å². The molecule has 18 heavy (non-hydrogen) atoms. The Morgan fingerprint density at radius 2 is 2.06 bits per heavy atom. The molecule has 0 N–H and O–H groups in total. The standard InChI is InChI=1S/C15H16N2O/c1-10-8-17(9-10)15(18)13-5-3-4-12-7-6-11(2)16-14(12)13/h3-7,10H,8-9H2,1-2H3. The molecule has 2 heterocycles. The second kappa shape index (κ2) is 4.09. The summed E-state index contributed by atoms with van der Waals surface area (Å²) < 4.78 is 0. The highest BCUT2D eigenvalue weighted by Gasteiger charge is 2.28. The minimum atomic E-state index is 0.108. The van der Waals surface area contributed by atoms with E-state index in [1.807, 2.05) is 42.2 Å². The fourth-order valence-electron chi connectivity index (χ4n) is 2.45. The van der Waals surface area contributed by atoms with Crippen LogP contribution in [0.4, 0.5) is 0 Å². The lowest BCUT2D eigenvalue weighted by Gasteiger charge is -2.37. The van der Waals surface area contributed by atoms with Gasteiger partial charge in [-0.25, -0.2) is 0 Å². The van der Waals surface area contributed by atoms with Crippen molar-refractivity contribution in [2.24, 2.45) is 5.92 Å². The van der Waals surface area contributed by atoms with E-state index >= 15 is 0 Å². The Hall–Kier alpha value is -1.90. The number of fused-ring (bicyclic) bond motifs is 1. The summed E-state index contributed by atoms with van der Waals surface area (Å²) in [5.41, 5.74) is 2.49. The van der Waals surface area contributed by atoms with Gasteiger partial charge in [-0.3, -0.25) is 9.78 Å². The van der Waals surface area contributed by atoms with Gasteiger partial charge >= 0.3 is 0 Å². The van der Waals surface area contributed by atoms with Crippen LogP contribution in [-0.2, 0) is 0 Å². The quantitative estimate of drug-likeness (QED) is 0.767. The Morgan fingerprint density at radius 3 is 2.78 bits per heavy atom. The van der Waals surface area contributed by atoms with Crippen molar-refractivity contribution >= 4 is 16.8 Å². The Morgan fingerprint density at radius 1 is 1.28 bits per heavy atom. The van der Waals surface area contributed by atoms with Crippen LogP contribution in [0.2, 0.25) is 0 Å². The van der Waals surface area contributed by atoms with Crippen molar-refractivity contribution in [3.8, 4) is 0 Å². The topological polar surface area (TPSA) is 33.2 Å². The average Bonchev–Trinajstić information content (AvgIpc) is 2.33. The summed E-state index contributed by atoms with van der Waals surface area (Å²) in [4.78, 5) is 18.8. The van der Waals surface area contributed by atoms with E-state index in [9.17, 15) is 4.79 Å². The molecule has 0 saturated carbocycles. The van der Waals surface area contributed by atoms with Gasteiger partial charge in [-0.05, 0) is 25.0 Å². The van der Waals surface area contributed by atoms with Gasteiger partial charge < -0.3 is 4.90 Å². The lowest BCUT2D eigenvalue weighted by Crippen LogP contribution is -2.48. The molecule has 1 amide bonds. The zero-order chi connectivity index (χ0) is 12.7. The SMILES string of the molecule is Cc1ccc2cccc(C(=O)N3CC(C)C3)c2n1. The van der Waals surface area contributed by atoms with Crippen molar-refractivity contribution < 1.29 is 4.79 Å². The van der Waals surface area contributed by atoms with Gasteiger partial charge in [-0.15, -0.1) is 0 Å². The molecule has 3 nitrogen and oxygen atoms in total. The lowest BCUT2D eigenvalue weighted by molar-refractivity contribution is 0.0532. The molecule has 1 aromatic heterocycles. The van der Waals surface area contributed by atoms with E-state index in [1.54, 1.807) is 0 Å². The van der Waals surface area contributed by atoms with Crippen molar-refractivity contribution in [2.45, 2.75) is 13.8 Å². The van der Waals surface area contributed by atoms with E-state index in [4.69, 9.17) is 0 Å². The van der Waals surface area contributed by atoms with Gasteiger partial charge in [0.15, 0.2) is 0 Å². The minimum absolute atomic E-state index is 0.108. The molecular weight excluding hydrogens is 224 g/mol. The number of carbonyl (C=O) groups is 1. The van der Waals surface area contributed by atoms with Crippen LogP contribution in [-0.4, -0.2) is 28.9 Å². The third kappa shape index (κ3) is 1.76. The Bertz CT molecular complexity index is 615. The number of nitrogens with zero attached hydrogens (tertiary/aromatic N) is 2. The second-order valence-corrected chi connectivity index (χ2v) is 5.15. The van der Waals surface area contributed by atoms with Crippen molar-refractivity contribution in [2.75, 3.05) is 13.1 Å². The molecule has 3 rings (SSSR count). The van der Waals surface area contributed by atoms with Crippen LogP contribution >= 0.6 is 0 Å². The molecular formula is C15H16N2O. The number of rotatable bonds is 1. The molecule has 1 fully saturated rings. The van der Waals surface area contributed by atoms with Crippen LogP contribution in [0.5, 0.6) is 0 Å². The Balaban J connectivity index is 2.05. The number of aryl methyl sites for hydroxylation is 1. The maximum Gasteiger partial charge on any atom is 0.256 e. The molecule has 1 aromatic carbocycles. The summed E-state index contributed by atoms with van der Waals surface area (Å²) >= 11 is 0. The van der Waals surface area contributed by atoms with Crippen molar-refractivity contribution in [1.29, 1.82) is 0 Å². The van der Waals surface area contributed by atoms with Gasteiger partial charge in [0.05, 0.1) is 11.1 Å². The van der Waals surface area contributed by atoms with Crippen molar-refractivity contribution in [1.82, 2.24) is 9.88 Å². The largest absolute Gasteiger partial charge is 0.338 e. The predicted octanol–water partition coefficient (Wildman–Crippen LogP) is 2.64. The monoisotopic (exact) mass is 240 g/mol. The number of hydrogen-bond donors (Lipinski definition) is 0. The summed E-state index contributed by atoms with van der Waals surface area (Å²) in [5, 5.41) is 1.03. The zero-order valence-electron chi connectivity index (χ0n) is 10.7. The average molecular weight is 240 g/mol. The molecule has 1 aliphatic rings. The van der Waals surface area contributed by atoms with Gasteiger partial charge in [0.2, 0.25) is 0 Å². The molecule has 3 heteroatoms. The summed E-state index contributed by atoms with van der Waals surface area (Å²) in [5.74, 6) is 0.732. The first kappa shape index (κ1) is 11.2. The van der Waals surface area contributed by atoms with Gasteiger partial charge in [-0.2, -0.15) is 0 Å². The minimum Gasteiger partial charge on any atom is -0.338 e. The van der Waals surface area contributed by atoms with E-state index < -0.39 is 0 Å². The summed E-state index contributed by atoms with van der Waals surface area (Å²) in [6, 6.07) is 9.79. The molecule has 2 aromatic rings. The van der Waals surface area contributed by atoms with Gasteiger partial charge in [0, 0.05) is 24.2 Å². The van der Waals surface area contributed by atoms with Crippen molar-refractivity contribution in [3.63, 3.8) is 0 Å². The number of para-hydroxylation sites is 1. The van der Waals surface area contributed by atoms with Crippen LogP contribution in [0, 0.1) is 12.8 Å². The second-order valence-electron chi connectivity index (χ2n) is 5.15. The molecule has 0 unspecified atom stereocenters. The molecule has 92 valence electrons. The van der Waals surface area contributed by atoms with Gasteiger partial charge in [-0.1, -0.05) is 25.1 Å². The number of likely N-dealkylation sites (tertiary alicyclic amines) is 1. The van der Waals surface area contributed by atoms with E-state index in [0.717, 1.165) is 35.2 Å². The van der Waals surface area contributed by atoms with Gasteiger partial charge in [0.1, 0.15) is 0 Å². The first-order valence-corrected chi connectivity index (χ1v) is 6.31. The highest BCUT2D eigenvalue weighted by atomic mass is 16.2. The number of carbonyl (C=O) groups excluding carboxylic acids is 1. The fraction of sp³-hybridized carbons (Fsp3) is 0.333. The molecule has 0 atom stereocenters. The third-order valence-corrected chi connectivity index (χ3v) is 3.44. The number of pyridine rings is 1. The molecule has 1 aliphatic heterocycles. The fourth-order valence-corrected chi connectivity index (χ4v) is 2.45. The molecule has 0 aliphatic carbocycles. The van der Waals surface area contributed by atoms with Crippen LogP contribution < -0.4 is 0 Å². The van der Waals surface area contributed by atoms with E-state index in [1.165, 1.54) is 0 Å². The highest BCUT2D eigenvalue weighted by Crippen LogP contribution is 2.22. The molecule has 0 bridgehead atoms. The Kier molecular flexibility index (Phi) is 2.54. The van der Waals surface area contributed by atoms with E-state index in [0.29, 0.717) is 5.92 Å². The van der Waals surface area contributed by atoms with Crippen molar-refractivity contribution in [3.05, 3.63) is 41.6 Å². The Labute approximate surface area is 106 Å². The first-order valence-electron chi connectivity index (χ1n) is 6.31. The maximum atomic E-state index is 12.4. The smallest absolute Gasteiger partial charge is 0.256 e. The maximum absolute atomic E-state index is 12.4.